The van der Waals surface area contributed by atoms with Gasteiger partial charge in [-0.25, -0.2) is 0 Å². The van der Waals surface area contributed by atoms with Crippen molar-refractivity contribution in [1.82, 2.24) is 9.88 Å². The third-order valence-corrected chi connectivity index (χ3v) is 3.18. The molecule has 1 aromatic rings. The van der Waals surface area contributed by atoms with Gasteiger partial charge in [0.1, 0.15) is 5.69 Å². The number of aromatic nitrogens is 1. The molecule has 17 heavy (non-hydrogen) atoms. The van der Waals surface area contributed by atoms with Crippen molar-refractivity contribution >= 4 is 11.7 Å². The van der Waals surface area contributed by atoms with Crippen LogP contribution in [0.1, 0.15) is 40.6 Å². The Morgan fingerprint density at radius 1 is 1.53 bits per heavy atom. The van der Waals surface area contributed by atoms with Gasteiger partial charge in [0.2, 0.25) is 0 Å². The van der Waals surface area contributed by atoms with E-state index in [-0.39, 0.29) is 18.3 Å². The molecular weight excluding hydrogens is 220 g/mol. The third-order valence-electron chi connectivity index (χ3n) is 3.18. The van der Waals surface area contributed by atoms with Crippen LogP contribution in [0.3, 0.4) is 0 Å². The van der Waals surface area contributed by atoms with Crippen LogP contribution >= 0.6 is 0 Å². The number of aryl methyl sites for hydroxylation is 1. The van der Waals surface area contributed by atoms with E-state index in [0.717, 1.165) is 12.8 Å². The smallest absolute Gasteiger partial charge is 0.268 e. The Labute approximate surface area is 99.4 Å². The lowest BCUT2D eigenvalue weighted by Gasteiger charge is -2.14. The van der Waals surface area contributed by atoms with Crippen LogP contribution in [-0.4, -0.2) is 33.5 Å². The van der Waals surface area contributed by atoms with Crippen molar-refractivity contribution in [2.75, 3.05) is 6.61 Å². The molecule has 1 amide bonds. The highest BCUT2D eigenvalue weighted by Gasteiger charge is 2.43. The molecule has 0 aliphatic heterocycles. The summed E-state index contributed by atoms with van der Waals surface area (Å²) in [6.45, 7) is 1.43. The highest BCUT2D eigenvalue weighted by atomic mass is 16.3. The Morgan fingerprint density at radius 2 is 2.18 bits per heavy atom. The SMILES string of the molecule is CC(=O)c1cc(C(=O)NC2(CO)CC2)n(C)c1. The van der Waals surface area contributed by atoms with Crippen LogP contribution in [-0.2, 0) is 7.05 Å². The molecule has 0 spiro atoms. The molecule has 0 saturated heterocycles. The fourth-order valence-electron chi connectivity index (χ4n) is 1.76. The van der Waals surface area contributed by atoms with Gasteiger partial charge in [-0.15, -0.1) is 0 Å². The van der Waals surface area contributed by atoms with Crippen molar-refractivity contribution in [3.63, 3.8) is 0 Å². The first-order valence-corrected chi connectivity index (χ1v) is 5.58. The van der Waals surface area contributed by atoms with E-state index in [1.807, 2.05) is 0 Å². The van der Waals surface area contributed by atoms with Crippen LogP contribution in [0.4, 0.5) is 0 Å². The van der Waals surface area contributed by atoms with Gasteiger partial charge in [-0.1, -0.05) is 0 Å². The van der Waals surface area contributed by atoms with E-state index in [9.17, 15) is 9.59 Å². The molecule has 5 heteroatoms. The predicted molar refractivity (Wildman–Crippen MR) is 61.9 cm³/mol. The van der Waals surface area contributed by atoms with E-state index < -0.39 is 5.54 Å². The molecule has 1 saturated carbocycles. The van der Waals surface area contributed by atoms with E-state index in [2.05, 4.69) is 5.32 Å². The zero-order valence-corrected chi connectivity index (χ0v) is 9.99. The van der Waals surface area contributed by atoms with Crippen LogP contribution in [0, 0.1) is 0 Å². The van der Waals surface area contributed by atoms with Crippen LogP contribution in [0.5, 0.6) is 0 Å². The second-order valence-electron chi connectivity index (χ2n) is 4.67. The molecule has 0 atom stereocenters. The molecule has 1 aliphatic rings. The van der Waals surface area contributed by atoms with E-state index in [1.54, 1.807) is 23.9 Å². The van der Waals surface area contributed by atoms with Crippen molar-refractivity contribution in [3.05, 3.63) is 23.5 Å². The topological polar surface area (TPSA) is 71.3 Å². The third kappa shape index (κ3) is 2.24. The van der Waals surface area contributed by atoms with Gasteiger partial charge in [-0.2, -0.15) is 0 Å². The molecule has 1 aromatic heterocycles. The molecule has 0 unspecified atom stereocenters. The lowest BCUT2D eigenvalue weighted by Crippen LogP contribution is -2.40. The molecule has 0 bridgehead atoms. The lowest BCUT2D eigenvalue weighted by atomic mass is 10.2. The van der Waals surface area contributed by atoms with E-state index in [0.29, 0.717) is 11.3 Å². The van der Waals surface area contributed by atoms with Crippen LogP contribution in [0.15, 0.2) is 12.3 Å². The Balaban J connectivity index is 2.16. The number of nitrogens with zero attached hydrogens (tertiary/aromatic N) is 1. The first-order valence-electron chi connectivity index (χ1n) is 5.58. The zero-order chi connectivity index (χ0) is 12.6. The molecule has 0 aromatic carbocycles. The average Bonchev–Trinajstić information content (AvgIpc) is 2.93. The number of carbonyl (C=O) groups is 2. The number of ketones is 1. The number of rotatable bonds is 4. The van der Waals surface area contributed by atoms with E-state index in [1.165, 1.54) is 6.92 Å². The fourth-order valence-corrected chi connectivity index (χ4v) is 1.76. The molecule has 2 N–H and O–H groups in total. The van der Waals surface area contributed by atoms with Crippen LogP contribution in [0.2, 0.25) is 0 Å². The minimum Gasteiger partial charge on any atom is -0.394 e. The van der Waals surface area contributed by atoms with Gasteiger partial charge in [0, 0.05) is 18.8 Å². The van der Waals surface area contributed by atoms with Gasteiger partial charge in [0.25, 0.3) is 5.91 Å². The molecule has 0 radical (unpaired) electrons. The molecule has 2 rings (SSSR count). The number of hydrogen-bond donors (Lipinski definition) is 2. The van der Waals surface area contributed by atoms with Crippen molar-refractivity contribution < 1.29 is 14.7 Å². The molecule has 1 heterocycles. The summed E-state index contributed by atoms with van der Waals surface area (Å²) in [6, 6.07) is 1.57. The van der Waals surface area contributed by atoms with E-state index in [4.69, 9.17) is 5.11 Å². The number of aliphatic hydroxyl groups is 1. The highest BCUT2D eigenvalue weighted by molar-refractivity contribution is 5.99. The summed E-state index contributed by atoms with van der Waals surface area (Å²) >= 11 is 0. The van der Waals surface area contributed by atoms with Gasteiger partial charge >= 0.3 is 0 Å². The number of amides is 1. The van der Waals surface area contributed by atoms with Gasteiger partial charge in [-0.05, 0) is 25.8 Å². The summed E-state index contributed by atoms with van der Waals surface area (Å²) < 4.78 is 1.62. The van der Waals surface area contributed by atoms with Crippen molar-refractivity contribution in [2.24, 2.45) is 7.05 Å². The fraction of sp³-hybridized carbons (Fsp3) is 0.500. The second-order valence-corrected chi connectivity index (χ2v) is 4.67. The van der Waals surface area contributed by atoms with Crippen molar-refractivity contribution in [1.29, 1.82) is 0 Å². The van der Waals surface area contributed by atoms with Crippen molar-refractivity contribution in [3.8, 4) is 0 Å². The zero-order valence-electron chi connectivity index (χ0n) is 9.99. The highest BCUT2D eigenvalue weighted by Crippen LogP contribution is 2.34. The number of hydrogen-bond acceptors (Lipinski definition) is 3. The summed E-state index contributed by atoms with van der Waals surface area (Å²) in [5.74, 6) is -0.311. The van der Waals surface area contributed by atoms with E-state index >= 15 is 0 Å². The Morgan fingerprint density at radius 3 is 2.59 bits per heavy atom. The van der Waals surface area contributed by atoms with Gasteiger partial charge in [0.05, 0.1) is 12.1 Å². The summed E-state index contributed by atoms with van der Waals surface area (Å²) in [4.78, 5) is 23.2. The van der Waals surface area contributed by atoms with Gasteiger partial charge < -0.3 is 15.0 Å². The minimum absolute atomic E-state index is 0.0390. The molecule has 5 nitrogen and oxygen atoms in total. The normalized spacial score (nSPS) is 16.6. The minimum atomic E-state index is -0.433. The number of carbonyl (C=O) groups excluding carboxylic acids is 2. The second kappa shape index (κ2) is 4.00. The van der Waals surface area contributed by atoms with Crippen molar-refractivity contribution in [2.45, 2.75) is 25.3 Å². The molecule has 92 valence electrons. The molecular formula is C12H16N2O3. The number of Topliss-reactive ketones (excluding diaryl/α,β-unsaturated/α-hetero) is 1. The van der Waals surface area contributed by atoms with Crippen LogP contribution < -0.4 is 5.32 Å². The van der Waals surface area contributed by atoms with Gasteiger partial charge in [0.15, 0.2) is 5.78 Å². The van der Waals surface area contributed by atoms with Gasteiger partial charge in [-0.3, -0.25) is 9.59 Å². The predicted octanol–water partition coefficient (Wildman–Crippen LogP) is 0.482. The molecule has 1 aliphatic carbocycles. The summed E-state index contributed by atoms with van der Waals surface area (Å²) in [5.41, 5.74) is 0.527. The number of nitrogens with one attached hydrogen (secondary N) is 1. The summed E-state index contributed by atoms with van der Waals surface area (Å²) in [6.07, 6.45) is 3.24. The Kier molecular flexibility index (Phi) is 2.79. The Bertz CT molecular complexity index is 472. The number of aliphatic hydroxyl groups excluding tert-OH is 1. The quantitative estimate of drug-likeness (QED) is 0.747. The maximum atomic E-state index is 12.0. The maximum Gasteiger partial charge on any atom is 0.268 e. The standard InChI is InChI=1S/C12H16N2O3/c1-8(16)9-5-10(14(2)6-9)11(17)13-12(7-15)3-4-12/h5-6,15H,3-4,7H2,1-2H3,(H,13,17). The average molecular weight is 236 g/mol. The largest absolute Gasteiger partial charge is 0.394 e. The Hall–Kier alpha value is -1.62. The first kappa shape index (κ1) is 11.9. The first-order chi connectivity index (χ1) is 7.97. The summed E-state index contributed by atoms with van der Waals surface area (Å²) in [5, 5.41) is 11.9. The van der Waals surface area contributed by atoms with Crippen LogP contribution in [0.25, 0.3) is 0 Å². The summed E-state index contributed by atoms with van der Waals surface area (Å²) in [7, 11) is 1.72. The molecule has 1 fully saturated rings. The monoisotopic (exact) mass is 236 g/mol. The maximum absolute atomic E-state index is 12.0. The lowest BCUT2D eigenvalue weighted by molar-refractivity contribution is 0.0898.